The number of nitrogens with one attached hydrogen (secondary N) is 2. The first-order valence-electron chi connectivity index (χ1n) is 6.60. The van der Waals surface area contributed by atoms with Crippen LogP contribution in [0.5, 0.6) is 0 Å². The molecule has 1 atom stereocenters. The van der Waals surface area contributed by atoms with Gasteiger partial charge in [-0.3, -0.25) is 0 Å². The maximum absolute atomic E-state index is 12.0. The summed E-state index contributed by atoms with van der Waals surface area (Å²) in [5, 5.41) is 15.5. The zero-order chi connectivity index (χ0) is 14.9. The van der Waals surface area contributed by atoms with Gasteiger partial charge in [-0.1, -0.05) is 0 Å². The minimum atomic E-state index is -1.08. The van der Waals surface area contributed by atoms with Gasteiger partial charge < -0.3 is 15.7 Å². The van der Waals surface area contributed by atoms with Crippen LogP contribution in [0.2, 0.25) is 0 Å². The monoisotopic (exact) mass is 297 g/mol. The molecule has 1 fully saturated rings. The minimum absolute atomic E-state index is 0.188. The van der Waals surface area contributed by atoms with E-state index in [0.29, 0.717) is 12.8 Å². The molecule has 110 valence electrons. The summed E-state index contributed by atoms with van der Waals surface area (Å²) < 4.78 is 0. The van der Waals surface area contributed by atoms with Gasteiger partial charge in [0, 0.05) is 4.88 Å². The molecule has 2 rings (SSSR count). The van der Waals surface area contributed by atoms with E-state index in [1.165, 1.54) is 11.3 Å². The average molecular weight is 297 g/mol. The number of thiazole rings is 1. The van der Waals surface area contributed by atoms with Crippen LogP contribution in [-0.2, 0) is 4.79 Å². The summed E-state index contributed by atoms with van der Waals surface area (Å²) in [6, 6.07) is -0.628. The van der Waals surface area contributed by atoms with E-state index in [0.717, 1.165) is 22.0 Å². The molecule has 1 heterocycles. The van der Waals surface area contributed by atoms with Crippen LogP contribution in [0.25, 0.3) is 0 Å². The summed E-state index contributed by atoms with van der Waals surface area (Å²) in [4.78, 5) is 28.5. The molecule has 0 saturated heterocycles. The third-order valence-corrected chi connectivity index (χ3v) is 4.91. The lowest BCUT2D eigenvalue weighted by Gasteiger charge is -2.38. The summed E-state index contributed by atoms with van der Waals surface area (Å²) in [5.41, 5.74) is -0.181. The SMILES string of the molecule is Cc1nc(C)c(C(C)NC(=O)NC2(C(=O)O)CCC2)s1. The molecule has 0 bridgehead atoms. The van der Waals surface area contributed by atoms with E-state index < -0.39 is 17.5 Å². The first kappa shape index (κ1) is 14.8. The van der Waals surface area contributed by atoms with Crippen LogP contribution in [0, 0.1) is 13.8 Å². The van der Waals surface area contributed by atoms with E-state index in [1.807, 2.05) is 20.8 Å². The predicted molar refractivity (Wildman–Crippen MR) is 75.9 cm³/mol. The molecule has 0 aromatic carbocycles. The maximum atomic E-state index is 12.0. The van der Waals surface area contributed by atoms with Crippen molar-refractivity contribution in [2.24, 2.45) is 0 Å². The Morgan fingerprint density at radius 2 is 2.05 bits per heavy atom. The lowest BCUT2D eigenvalue weighted by Crippen LogP contribution is -2.61. The van der Waals surface area contributed by atoms with Gasteiger partial charge in [0.1, 0.15) is 5.54 Å². The van der Waals surface area contributed by atoms with E-state index in [4.69, 9.17) is 0 Å². The number of carboxylic acids is 1. The number of urea groups is 1. The number of carboxylic acid groups (broad SMARTS) is 1. The van der Waals surface area contributed by atoms with Crippen molar-refractivity contribution >= 4 is 23.3 Å². The van der Waals surface area contributed by atoms with Gasteiger partial charge in [-0.2, -0.15) is 0 Å². The highest BCUT2D eigenvalue weighted by atomic mass is 32.1. The number of carbonyl (C=O) groups excluding carboxylic acids is 1. The second-order valence-electron chi connectivity index (χ2n) is 5.24. The molecule has 0 aliphatic heterocycles. The Morgan fingerprint density at radius 3 is 2.45 bits per heavy atom. The van der Waals surface area contributed by atoms with Gasteiger partial charge in [0.25, 0.3) is 0 Å². The third-order valence-electron chi connectivity index (χ3n) is 3.65. The Labute approximate surface area is 121 Å². The molecular weight excluding hydrogens is 278 g/mol. The fourth-order valence-electron chi connectivity index (χ4n) is 2.39. The molecular formula is C13H19N3O3S. The number of rotatable bonds is 4. The van der Waals surface area contributed by atoms with Gasteiger partial charge in [-0.25, -0.2) is 14.6 Å². The Bertz CT molecular complexity index is 537. The lowest BCUT2D eigenvalue weighted by atomic mass is 9.77. The van der Waals surface area contributed by atoms with Crippen molar-refractivity contribution < 1.29 is 14.7 Å². The van der Waals surface area contributed by atoms with E-state index in [2.05, 4.69) is 15.6 Å². The zero-order valence-electron chi connectivity index (χ0n) is 11.8. The molecule has 1 saturated carbocycles. The van der Waals surface area contributed by atoms with Crippen LogP contribution in [0.3, 0.4) is 0 Å². The lowest BCUT2D eigenvalue weighted by molar-refractivity contribution is -0.148. The normalized spacial score (nSPS) is 17.9. The summed E-state index contributed by atoms with van der Waals surface area (Å²) in [5.74, 6) is -0.962. The second-order valence-corrected chi connectivity index (χ2v) is 6.48. The van der Waals surface area contributed by atoms with Gasteiger partial charge in [0.2, 0.25) is 0 Å². The Kier molecular flexibility index (Phi) is 3.99. The highest BCUT2D eigenvalue weighted by Gasteiger charge is 2.45. The van der Waals surface area contributed by atoms with Crippen LogP contribution in [0.1, 0.15) is 47.8 Å². The molecule has 3 N–H and O–H groups in total. The molecule has 6 nitrogen and oxygen atoms in total. The number of hydrogen-bond acceptors (Lipinski definition) is 4. The van der Waals surface area contributed by atoms with Crippen LogP contribution in [0.15, 0.2) is 0 Å². The van der Waals surface area contributed by atoms with E-state index in [1.54, 1.807) is 0 Å². The molecule has 0 spiro atoms. The predicted octanol–water partition coefficient (Wildman–Crippen LogP) is 2.13. The molecule has 0 radical (unpaired) electrons. The number of aromatic nitrogens is 1. The maximum Gasteiger partial charge on any atom is 0.329 e. The molecule has 1 aromatic heterocycles. The van der Waals surface area contributed by atoms with E-state index >= 15 is 0 Å². The number of nitrogens with zero attached hydrogens (tertiary/aromatic N) is 1. The standard InChI is InChI=1S/C13H19N3O3S/c1-7-10(20-9(3)14-7)8(2)15-12(19)16-13(11(17)18)5-4-6-13/h8H,4-6H2,1-3H3,(H,17,18)(H2,15,16,19). The minimum Gasteiger partial charge on any atom is -0.480 e. The number of aryl methyl sites for hydroxylation is 2. The fourth-order valence-corrected chi connectivity index (χ4v) is 3.32. The molecule has 1 aromatic rings. The van der Waals surface area contributed by atoms with Gasteiger partial charge >= 0.3 is 12.0 Å². The van der Waals surface area contributed by atoms with Crippen molar-refractivity contribution in [3.05, 3.63) is 15.6 Å². The third kappa shape index (κ3) is 2.77. The molecule has 20 heavy (non-hydrogen) atoms. The van der Waals surface area contributed by atoms with Gasteiger partial charge in [0.05, 0.1) is 16.7 Å². The number of hydrogen-bond donors (Lipinski definition) is 3. The number of aliphatic carboxylic acids is 1. The van der Waals surface area contributed by atoms with Crippen LogP contribution in [0.4, 0.5) is 4.79 Å². The van der Waals surface area contributed by atoms with Crippen LogP contribution >= 0.6 is 11.3 Å². The zero-order valence-corrected chi connectivity index (χ0v) is 12.6. The number of carbonyl (C=O) groups is 2. The van der Waals surface area contributed by atoms with Gasteiger partial charge in [-0.05, 0) is 40.0 Å². The van der Waals surface area contributed by atoms with Crippen molar-refractivity contribution in [3.8, 4) is 0 Å². The van der Waals surface area contributed by atoms with E-state index in [9.17, 15) is 14.7 Å². The molecule has 1 unspecified atom stereocenters. The van der Waals surface area contributed by atoms with Crippen molar-refractivity contribution in [1.82, 2.24) is 15.6 Å². The van der Waals surface area contributed by atoms with Gasteiger partial charge in [0.15, 0.2) is 0 Å². The molecule has 2 amide bonds. The molecule has 1 aliphatic rings. The first-order valence-corrected chi connectivity index (χ1v) is 7.42. The quantitative estimate of drug-likeness (QED) is 0.794. The fraction of sp³-hybridized carbons (Fsp3) is 0.615. The average Bonchev–Trinajstić information content (AvgIpc) is 2.62. The highest BCUT2D eigenvalue weighted by molar-refractivity contribution is 7.11. The summed E-state index contributed by atoms with van der Waals surface area (Å²) in [6.07, 6.45) is 1.81. The Hall–Kier alpha value is -1.63. The highest BCUT2D eigenvalue weighted by Crippen LogP contribution is 2.32. The Morgan fingerprint density at radius 1 is 1.40 bits per heavy atom. The van der Waals surface area contributed by atoms with Crippen molar-refractivity contribution in [2.45, 2.75) is 51.6 Å². The van der Waals surface area contributed by atoms with Crippen molar-refractivity contribution in [2.75, 3.05) is 0 Å². The smallest absolute Gasteiger partial charge is 0.329 e. The first-order chi connectivity index (χ1) is 9.34. The van der Waals surface area contributed by atoms with Crippen LogP contribution < -0.4 is 10.6 Å². The van der Waals surface area contributed by atoms with Crippen LogP contribution in [-0.4, -0.2) is 27.6 Å². The topological polar surface area (TPSA) is 91.3 Å². The van der Waals surface area contributed by atoms with E-state index in [-0.39, 0.29) is 6.04 Å². The summed E-state index contributed by atoms with van der Waals surface area (Å²) in [6.45, 7) is 5.69. The molecule has 7 heteroatoms. The second kappa shape index (κ2) is 5.40. The van der Waals surface area contributed by atoms with Crippen molar-refractivity contribution in [3.63, 3.8) is 0 Å². The summed E-state index contributed by atoms with van der Waals surface area (Å²) >= 11 is 1.54. The van der Waals surface area contributed by atoms with Crippen molar-refractivity contribution in [1.29, 1.82) is 0 Å². The number of amides is 2. The molecule has 1 aliphatic carbocycles. The van der Waals surface area contributed by atoms with Gasteiger partial charge in [-0.15, -0.1) is 11.3 Å². The largest absolute Gasteiger partial charge is 0.480 e. The Balaban J connectivity index is 1.98. The summed E-state index contributed by atoms with van der Waals surface area (Å²) in [7, 11) is 0.